The summed E-state index contributed by atoms with van der Waals surface area (Å²) in [4.78, 5) is 10.9. The van der Waals surface area contributed by atoms with Crippen molar-refractivity contribution in [2.24, 2.45) is 5.41 Å². The molecule has 0 N–H and O–H groups in total. The van der Waals surface area contributed by atoms with E-state index >= 15 is 0 Å². The summed E-state index contributed by atoms with van der Waals surface area (Å²) in [7, 11) is 1.37. The molecule has 0 aliphatic heterocycles. The highest BCUT2D eigenvalue weighted by molar-refractivity contribution is 5.73. The zero-order valence-corrected chi connectivity index (χ0v) is 9.22. The van der Waals surface area contributed by atoms with Gasteiger partial charge in [-0.2, -0.15) is 0 Å². The molecule has 0 heterocycles. The first-order valence-corrected chi connectivity index (χ1v) is 4.56. The maximum Gasteiger partial charge on any atom is 0.334 e. The summed E-state index contributed by atoms with van der Waals surface area (Å²) < 4.78 is 9.83. The minimum Gasteiger partial charge on any atom is -0.467 e. The van der Waals surface area contributed by atoms with Crippen molar-refractivity contribution in [3.63, 3.8) is 0 Å². The summed E-state index contributed by atoms with van der Waals surface area (Å²) in [5, 5.41) is 0. The van der Waals surface area contributed by atoms with Gasteiger partial charge in [-0.15, -0.1) is 0 Å². The van der Waals surface area contributed by atoms with Crippen molar-refractivity contribution in [3.8, 4) is 0 Å². The van der Waals surface area contributed by atoms with Gasteiger partial charge in [0.1, 0.15) is 0 Å². The molecular formula is C10H20O3. The van der Waals surface area contributed by atoms with Crippen molar-refractivity contribution in [2.45, 2.75) is 40.2 Å². The summed E-state index contributed by atoms with van der Waals surface area (Å²) >= 11 is 0. The minimum atomic E-state index is -0.452. The van der Waals surface area contributed by atoms with Crippen LogP contribution in [0.1, 0.15) is 34.1 Å². The Morgan fingerprint density at radius 1 is 1.38 bits per heavy atom. The molecule has 0 amide bonds. The standard InChI is InChI=1S/C10H20O3/c1-8(9(11)12-5)13-7-6-10(2,3)4/h8H,6-7H2,1-5H3/t8-/m1/s1. The highest BCUT2D eigenvalue weighted by Gasteiger charge is 2.15. The van der Waals surface area contributed by atoms with Crippen LogP contribution in [-0.2, 0) is 14.3 Å². The van der Waals surface area contributed by atoms with Gasteiger partial charge < -0.3 is 9.47 Å². The first-order chi connectivity index (χ1) is 5.87. The molecule has 0 bridgehead atoms. The molecular weight excluding hydrogens is 168 g/mol. The van der Waals surface area contributed by atoms with E-state index in [-0.39, 0.29) is 11.4 Å². The number of hydrogen-bond donors (Lipinski definition) is 0. The van der Waals surface area contributed by atoms with Gasteiger partial charge in [0.2, 0.25) is 0 Å². The van der Waals surface area contributed by atoms with Gasteiger partial charge in [0.15, 0.2) is 6.10 Å². The van der Waals surface area contributed by atoms with Gasteiger partial charge in [-0.1, -0.05) is 20.8 Å². The Bertz CT molecular complexity index is 158. The van der Waals surface area contributed by atoms with Crippen molar-refractivity contribution in [1.82, 2.24) is 0 Å². The van der Waals surface area contributed by atoms with E-state index in [0.717, 1.165) is 6.42 Å². The molecule has 3 heteroatoms. The van der Waals surface area contributed by atoms with Crippen molar-refractivity contribution in [2.75, 3.05) is 13.7 Å². The Morgan fingerprint density at radius 3 is 2.31 bits per heavy atom. The lowest BCUT2D eigenvalue weighted by Gasteiger charge is -2.19. The Hall–Kier alpha value is -0.570. The fraction of sp³-hybridized carbons (Fsp3) is 0.900. The molecule has 0 aromatic heterocycles. The third-order valence-electron chi connectivity index (χ3n) is 1.75. The first kappa shape index (κ1) is 12.4. The summed E-state index contributed by atoms with van der Waals surface area (Å²) in [6.45, 7) is 8.71. The lowest BCUT2D eigenvalue weighted by Crippen LogP contribution is -2.23. The Labute approximate surface area is 80.4 Å². The fourth-order valence-corrected chi connectivity index (χ4v) is 0.776. The number of esters is 1. The molecule has 0 spiro atoms. The normalized spacial score (nSPS) is 13.9. The number of ether oxygens (including phenoxy) is 2. The van der Waals surface area contributed by atoms with Gasteiger partial charge in [-0.3, -0.25) is 0 Å². The van der Waals surface area contributed by atoms with Crippen LogP contribution in [0, 0.1) is 5.41 Å². The van der Waals surface area contributed by atoms with Crippen LogP contribution >= 0.6 is 0 Å². The number of rotatable bonds is 4. The van der Waals surface area contributed by atoms with Crippen LogP contribution < -0.4 is 0 Å². The van der Waals surface area contributed by atoms with E-state index in [4.69, 9.17) is 4.74 Å². The molecule has 0 aliphatic rings. The van der Waals surface area contributed by atoms with Crippen LogP contribution in [0.15, 0.2) is 0 Å². The van der Waals surface area contributed by atoms with E-state index in [0.29, 0.717) is 6.61 Å². The third-order valence-corrected chi connectivity index (χ3v) is 1.75. The number of carbonyl (C=O) groups is 1. The van der Waals surface area contributed by atoms with E-state index in [9.17, 15) is 4.79 Å². The molecule has 0 unspecified atom stereocenters. The Kier molecular flexibility index (Phi) is 4.99. The highest BCUT2D eigenvalue weighted by Crippen LogP contribution is 2.18. The van der Waals surface area contributed by atoms with E-state index in [1.54, 1.807) is 6.92 Å². The molecule has 0 radical (unpaired) electrons. The van der Waals surface area contributed by atoms with Crippen molar-refractivity contribution in [1.29, 1.82) is 0 Å². The topological polar surface area (TPSA) is 35.5 Å². The van der Waals surface area contributed by atoms with Crippen LogP contribution in [0.25, 0.3) is 0 Å². The predicted octanol–water partition coefficient (Wildman–Crippen LogP) is 2.00. The zero-order chi connectivity index (χ0) is 10.5. The third kappa shape index (κ3) is 6.58. The van der Waals surface area contributed by atoms with E-state index in [1.165, 1.54) is 7.11 Å². The lowest BCUT2D eigenvalue weighted by atomic mass is 9.93. The molecule has 0 aromatic rings. The van der Waals surface area contributed by atoms with Crippen molar-refractivity contribution in [3.05, 3.63) is 0 Å². The average molecular weight is 188 g/mol. The summed E-state index contributed by atoms with van der Waals surface area (Å²) in [6, 6.07) is 0. The smallest absolute Gasteiger partial charge is 0.334 e. The fourth-order valence-electron chi connectivity index (χ4n) is 0.776. The highest BCUT2D eigenvalue weighted by atomic mass is 16.6. The predicted molar refractivity (Wildman–Crippen MR) is 51.5 cm³/mol. The summed E-state index contributed by atoms with van der Waals surface area (Å²) in [6.07, 6.45) is 0.487. The van der Waals surface area contributed by atoms with Gasteiger partial charge in [0.05, 0.1) is 7.11 Å². The largest absolute Gasteiger partial charge is 0.467 e. The SMILES string of the molecule is COC(=O)[C@@H](C)OCCC(C)(C)C. The second-order valence-corrected chi connectivity index (χ2v) is 4.35. The Balaban J connectivity index is 3.59. The summed E-state index contributed by atoms with van der Waals surface area (Å²) in [5.74, 6) is -0.311. The monoisotopic (exact) mass is 188 g/mol. The molecule has 0 rings (SSSR count). The molecule has 78 valence electrons. The average Bonchev–Trinajstić information content (AvgIpc) is 2.00. The van der Waals surface area contributed by atoms with E-state index < -0.39 is 6.10 Å². The lowest BCUT2D eigenvalue weighted by molar-refractivity contribution is -0.153. The molecule has 0 saturated carbocycles. The van der Waals surface area contributed by atoms with Gasteiger partial charge in [-0.05, 0) is 18.8 Å². The van der Waals surface area contributed by atoms with Crippen LogP contribution in [0.4, 0.5) is 0 Å². The van der Waals surface area contributed by atoms with Gasteiger partial charge in [-0.25, -0.2) is 4.79 Å². The molecule has 3 nitrogen and oxygen atoms in total. The van der Waals surface area contributed by atoms with Crippen molar-refractivity contribution < 1.29 is 14.3 Å². The van der Waals surface area contributed by atoms with Crippen LogP contribution in [0.5, 0.6) is 0 Å². The second kappa shape index (κ2) is 5.22. The maximum absolute atomic E-state index is 10.9. The number of hydrogen-bond acceptors (Lipinski definition) is 3. The van der Waals surface area contributed by atoms with Gasteiger partial charge >= 0.3 is 5.97 Å². The molecule has 0 fully saturated rings. The Morgan fingerprint density at radius 2 is 1.92 bits per heavy atom. The molecule has 1 atom stereocenters. The molecule has 0 aromatic carbocycles. The van der Waals surface area contributed by atoms with Crippen LogP contribution in [0.2, 0.25) is 0 Å². The van der Waals surface area contributed by atoms with Gasteiger partial charge in [0, 0.05) is 6.61 Å². The van der Waals surface area contributed by atoms with Crippen LogP contribution in [0.3, 0.4) is 0 Å². The first-order valence-electron chi connectivity index (χ1n) is 4.56. The summed E-state index contributed by atoms with van der Waals surface area (Å²) in [5.41, 5.74) is 0.246. The molecule has 0 saturated heterocycles. The molecule has 0 aliphatic carbocycles. The van der Waals surface area contributed by atoms with Gasteiger partial charge in [0.25, 0.3) is 0 Å². The number of methoxy groups -OCH3 is 1. The van der Waals surface area contributed by atoms with E-state index in [2.05, 4.69) is 25.5 Å². The van der Waals surface area contributed by atoms with Crippen LogP contribution in [-0.4, -0.2) is 25.8 Å². The quantitative estimate of drug-likeness (QED) is 0.633. The van der Waals surface area contributed by atoms with E-state index in [1.807, 2.05) is 0 Å². The molecule has 13 heavy (non-hydrogen) atoms. The van der Waals surface area contributed by atoms with Crippen molar-refractivity contribution >= 4 is 5.97 Å². The minimum absolute atomic E-state index is 0.246. The number of carbonyl (C=O) groups excluding carboxylic acids is 1. The maximum atomic E-state index is 10.9. The zero-order valence-electron chi connectivity index (χ0n) is 9.22. The second-order valence-electron chi connectivity index (χ2n) is 4.35.